The van der Waals surface area contributed by atoms with Gasteiger partial charge in [-0.2, -0.15) is 0 Å². The molecular formula is C22H27NO2. The van der Waals surface area contributed by atoms with Gasteiger partial charge in [-0.05, 0) is 66.3 Å². The Morgan fingerprint density at radius 3 is 2.88 bits per heavy atom. The third-order valence-corrected chi connectivity index (χ3v) is 5.67. The summed E-state index contributed by atoms with van der Waals surface area (Å²) in [4.78, 5) is 2.57. The minimum atomic E-state index is 0.387. The van der Waals surface area contributed by atoms with Crippen LogP contribution in [-0.2, 0) is 12.8 Å². The van der Waals surface area contributed by atoms with Crippen molar-refractivity contribution in [3.63, 3.8) is 0 Å². The van der Waals surface area contributed by atoms with Gasteiger partial charge in [-0.15, -0.1) is 0 Å². The van der Waals surface area contributed by atoms with Crippen LogP contribution in [0.15, 0.2) is 30.3 Å². The lowest BCUT2D eigenvalue weighted by atomic mass is 9.76. The van der Waals surface area contributed by atoms with Gasteiger partial charge in [0, 0.05) is 18.2 Å². The molecule has 0 spiro atoms. The fraction of sp³-hybridized carbons (Fsp3) is 0.455. The molecule has 0 saturated heterocycles. The zero-order chi connectivity index (χ0) is 17.4. The molecule has 2 aliphatic rings. The molecule has 0 amide bonds. The van der Waals surface area contributed by atoms with Crippen molar-refractivity contribution in [3.05, 3.63) is 47.0 Å². The summed E-state index contributed by atoms with van der Waals surface area (Å²) in [6, 6.07) is 10.7. The summed E-state index contributed by atoms with van der Waals surface area (Å²) >= 11 is 0. The summed E-state index contributed by atoms with van der Waals surface area (Å²) < 4.78 is 6.03. The zero-order valence-corrected chi connectivity index (χ0v) is 15.2. The van der Waals surface area contributed by atoms with E-state index in [0.717, 1.165) is 56.7 Å². The Balaban J connectivity index is 1.85. The van der Waals surface area contributed by atoms with Gasteiger partial charge in [-0.3, -0.25) is 4.90 Å². The van der Waals surface area contributed by atoms with Crippen molar-refractivity contribution >= 4 is 0 Å². The molecule has 2 aromatic rings. The molecule has 1 heterocycles. The Morgan fingerprint density at radius 2 is 2.08 bits per heavy atom. The summed E-state index contributed by atoms with van der Waals surface area (Å²) in [6.07, 6.45) is 4.24. The molecule has 1 aliphatic carbocycles. The lowest BCUT2D eigenvalue weighted by molar-refractivity contribution is 0.192. The molecule has 2 aromatic carbocycles. The fourth-order valence-corrected chi connectivity index (χ4v) is 4.40. The standard InChI is InChI=1S/C22H27NO2/c1-3-5-11-25-17-12-16-9-10-23(4-2)19-13-15-7-6-8-20(24)22(15)18(14-17)21(16)19/h6-8,12,14,19,24H,3-5,9-11,13H2,1-2H3. The van der Waals surface area contributed by atoms with Crippen molar-refractivity contribution in [2.75, 3.05) is 19.7 Å². The van der Waals surface area contributed by atoms with Crippen molar-refractivity contribution in [2.45, 2.75) is 45.6 Å². The molecule has 0 bridgehead atoms. The topological polar surface area (TPSA) is 32.7 Å². The zero-order valence-electron chi connectivity index (χ0n) is 15.2. The number of phenols is 1. The van der Waals surface area contributed by atoms with Crippen molar-refractivity contribution in [1.82, 2.24) is 4.90 Å². The Labute approximate surface area is 150 Å². The lowest BCUT2D eigenvalue weighted by Crippen LogP contribution is -2.38. The molecule has 1 aliphatic heterocycles. The van der Waals surface area contributed by atoms with Crippen LogP contribution < -0.4 is 4.74 Å². The number of likely N-dealkylation sites (N-methyl/N-ethyl adjacent to an activating group) is 1. The number of ether oxygens (including phenoxy) is 1. The van der Waals surface area contributed by atoms with E-state index in [-0.39, 0.29) is 0 Å². The molecule has 4 rings (SSSR count). The van der Waals surface area contributed by atoms with Crippen molar-refractivity contribution in [2.24, 2.45) is 0 Å². The summed E-state index contributed by atoms with van der Waals surface area (Å²) in [5.74, 6) is 1.33. The van der Waals surface area contributed by atoms with Crippen LogP contribution in [0, 0.1) is 0 Å². The minimum absolute atomic E-state index is 0.387. The van der Waals surface area contributed by atoms with Crippen LogP contribution in [0.2, 0.25) is 0 Å². The predicted molar refractivity (Wildman–Crippen MR) is 101 cm³/mol. The van der Waals surface area contributed by atoms with Gasteiger partial charge >= 0.3 is 0 Å². The maximum Gasteiger partial charge on any atom is 0.123 e. The average Bonchev–Trinajstić information content (AvgIpc) is 2.62. The number of hydrogen-bond acceptors (Lipinski definition) is 3. The van der Waals surface area contributed by atoms with E-state index in [4.69, 9.17) is 4.74 Å². The SMILES string of the molecule is CCCCOc1cc2c3c(c1)-c1c(O)cccc1CC3N(CC)CC2. The van der Waals surface area contributed by atoms with Crippen LogP contribution in [0.5, 0.6) is 11.5 Å². The van der Waals surface area contributed by atoms with Crippen LogP contribution in [0.3, 0.4) is 0 Å². The molecule has 0 radical (unpaired) electrons. The van der Waals surface area contributed by atoms with E-state index in [1.807, 2.05) is 6.07 Å². The average molecular weight is 337 g/mol. The van der Waals surface area contributed by atoms with Gasteiger partial charge in [0.05, 0.1) is 6.61 Å². The number of unbranched alkanes of at least 4 members (excludes halogenated alkanes) is 1. The van der Waals surface area contributed by atoms with Gasteiger partial charge in [0.2, 0.25) is 0 Å². The first kappa shape index (κ1) is 16.5. The monoisotopic (exact) mass is 337 g/mol. The highest BCUT2D eigenvalue weighted by Gasteiger charge is 2.35. The first-order chi connectivity index (χ1) is 12.2. The second-order valence-electron chi connectivity index (χ2n) is 7.16. The van der Waals surface area contributed by atoms with Gasteiger partial charge in [-0.25, -0.2) is 0 Å². The molecule has 0 fully saturated rings. The molecule has 25 heavy (non-hydrogen) atoms. The second kappa shape index (κ2) is 6.72. The van der Waals surface area contributed by atoms with Gasteiger partial charge in [0.1, 0.15) is 11.5 Å². The number of phenolic OH excluding ortho intramolecular Hbond substituents is 1. The van der Waals surface area contributed by atoms with Gasteiger partial charge < -0.3 is 9.84 Å². The van der Waals surface area contributed by atoms with E-state index in [1.165, 1.54) is 22.3 Å². The number of benzene rings is 2. The normalized spacial score (nSPS) is 18.6. The maximum atomic E-state index is 10.5. The highest BCUT2D eigenvalue weighted by atomic mass is 16.5. The molecule has 1 atom stereocenters. The Kier molecular flexibility index (Phi) is 4.43. The van der Waals surface area contributed by atoms with Crippen molar-refractivity contribution in [3.8, 4) is 22.6 Å². The highest BCUT2D eigenvalue weighted by molar-refractivity contribution is 5.81. The summed E-state index contributed by atoms with van der Waals surface area (Å²) in [6.45, 7) is 7.34. The van der Waals surface area contributed by atoms with Gasteiger partial charge in [0.25, 0.3) is 0 Å². The molecule has 3 nitrogen and oxygen atoms in total. The quantitative estimate of drug-likeness (QED) is 0.802. The first-order valence-electron chi connectivity index (χ1n) is 9.57. The fourth-order valence-electron chi connectivity index (χ4n) is 4.40. The molecular weight excluding hydrogens is 310 g/mol. The summed E-state index contributed by atoms with van der Waals surface area (Å²) in [5.41, 5.74) is 6.23. The summed E-state index contributed by atoms with van der Waals surface area (Å²) in [5, 5.41) is 10.5. The maximum absolute atomic E-state index is 10.5. The van der Waals surface area contributed by atoms with E-state index < -0.39 is 0 Å². The predicted octanol–water partition coefficient (Wildman–Crippen LogP) is 4.71. The number of rotatable bonds is 5. The summed E-state index contributed by atoms with van der Waals surface area (Å²) in [7, 11) is 0. The smallest absolute Gasteiger partial charge is 0.123 e. The van der Waals surface area contributed by atoms with E-state index in [9.17, 15) is 5.11 Å². The highest BCUT2D eigenvalue weighted by Crippen LogP contribution is 2.49. The molecule has 132 valence electrons. The van der Waals surface area contributed by atoms with Crippen molar-refractivity contribution < 1.29 is 9.84 Å². The first-order valence-corrected chi connectivity index (χ1v) is 9.57. The minimum Gasteiger partial charge on any atom is -0.507 e. The van der Waals surface area contributed by atoms with Crippen molar-refractivity contribution in [1.29, 1.82) is 0 Å². The van der Waals surface area contributed by atoms with E-state index in [1.54, 1.807) is 6.07 Å². The lowest BCUT2D eigenvalue weighted by Gasteiger charge is -2.41. The molecule has 1 unspecified atom stereocenters. The van der Waals surface area contributed by atoms with Crippen LogP contribution in [0.25, 0.3) is 11.1 Å². The number of hydrogen-bond donors (Lipinski definition) is 1. The molecule has 0 aromatic heterocycles. The largest absolute Gasteiger partial charge is 0.507 e. The number of fused-ring (bicyclic) bond motifs is 2. The Hall–Kier alpha value is -2.00. The number of aromatic hydroxyl groups is 1. The van der Waals surface area contributed by atoms with Crippen LogP contribution in [0.1, 0.15) is 49.4 Å². The number of nitrogens with zero attached hydrogens (tertiary/aromatic N) is 1. The van der Waals surface area contributed by atoms with Gasteiger partial charge in [0.15, 0.2) is 0 Å². The third-order valence-electron chi connectivity index (χ3n) is 5.67. The van der Waals surface area contributed by atoms with Gasteiger partial charge in [-0.1, -0.05) is 32.4 Å². The van der Waals surface area contributed by atoms with Crippen LogP contribution >= 0.6 is 0 Å². The van der Waals surface area contributed by atoms with E-state index in [2.05, 4.69) is 36.9 Å². The third kappa shape index (κ3) is 2.81. The molecule has 0 saturated carbocycles. The van der Waals surface area contributed by atoms with E-state index in [0.29, 0.717) is 11.8 Å². The Morgan fingerprint density at radius 1 is 1.20 bits per heavy atom. The van der Waals surface area contributed by atoms with Crippen LogP contribution in [-0.4, -0.2) is 29.7 Å². The van der Waals surface area contributed by atoms with E-state index >= 15 is 0 Å². The second-order valence-corrected chi connectivity index (χ2v) is 7.16. The van der Waals surface area contributed by atoms with Crippen LogP contribution in [0.4, 0.5) is 0 Å². The molecule has 3 heteroatoms. The molecule has 1 N–H and O–H groups in total. The Bertz CT molecular complexity index is 784.